The van der Waals surface area contributed by atoms with E-state index in [1.165, 1.54) is 23.5 Å². The second-order valence-electron chi connectivity index (χ2n) is 7.34. The summed E-state index contributed by atoms with van der Waals surface area (Å²) < 4.78 is 43.0. The van der Waals surface area contributed by atoms with E-state index in [1.54, 1.807) is 48.8 Å². The van der Waals surface area contributed by atoms with E-state index in [0.717, 1.165) is 12.0 Å². The van der Waals surface area contributed by atoms with Crippen molar-refractivity contribution < 1.29 is 27.4 Å². The highest BCUT2D eigenvalue weighted by Gasteiger charge is 2.21. The van der Waals surface area contributed by atoms with Gasteiger partial charge in [0.15, 0.2) is 6.61 Å². The summed E-state index contributed by atoms with van der Waals surface area (Å²) in [5.41, 5.74) is 1.55. The highest BCUT2D eigenvalue weighted by Crippen LogP contribution is 2.25. The van der Waals surface area contributed by atoms with E-state index >= 15 is 0 Å². The van der Waals surface area contributed by atoms with E-state index in [4.69, 9.17) is 14.2 Å². The van der Waals surface area contributed by atoms with Crippen LogP contribution in [0.25, 0.3) is 0 Å². The number of pyridine rings is 1. The summed E-state index contributed by atoms with van der Waals surface area (Å²) in [7, 11) is -2.26. The van der Waals surface area contributed by atoms with E-state index in [1.807, 2.05) is 19.1 Å². The molecule has 3 aromatic rings. The number of benzene rings is 2. The van der Waals surface area contributed by atoms with Crippen LogP contribution in [0.4, 0.5) is 5.69 Å². The monoisotopic (exact) mass is 484 g/mol. The van der Waals surface area contributed by atoms with Gasteiger partial charge in [0.2, 0.25) is 0 Å². The molecular weight excluding hydrogens is 456 g/mol. The maximum absolute atomic E-state index is 12.9. The van der Waals surface area contributed by atoms with Crippen molar-refractivity contribution in [3.8, 4) is 11.5 Å². The zero-order chi connectivity index (χ0) is 24.4. The minimum Gasteiger partial charge on any atom is -0.494 e. The van der Waals surface area contributed by atoms with Crippen molar-refractivity contribution in [3.05, 3.63) is 78.6 Å². The Kier molecular flexibility index (Phi) is 8.86. The van der Waals surface area contributed by atoms with E-state index in [0.29, 0.717) is 36.8 Å². The molecule has 0 unspecified atom stereocenters. The number of ether oxygens (including phenoxy) is 3. The summed E-state index contributed by atoms with van der Waals surface area (Å²) in [6.45, 7) is 2.43. The first kappa shape index (κ1) is 25.0. The minimum absolute atomic E-state index is 0.157. The molecule has 0 saturated heterocycles. The summed E-state index contributed by atoms with van der Waals surface area (Å²) in [5.74, 6) is 0.575. The van der Waals surface area contributed by atoms with Gasteiger partial charge in [-0.2, -0.15) is 0 Å². The molecule has 0 aliphatic heterocycles. The number of aromatic nitrogens is 1. The van der Waals surface area contributed by atoms with Gasteiger partial charge in [0.25, 0.3) is 10.0 Å². The van der Waals surface area contributed by atoms with Gasteiger partial charge >= 0.3 is 5.97 Å². The van der Waals surface area contributed by atoms with Gasteiger partial charge in [0, 0.05) is 19.4 Å². The first-order chi connectivity index (χ1) is 16.4. The van der Waals surface area contributed by atoms with Gasteiger partial charge in [-0.3, -0.25) is 9.29 Å². The molecular formula is C25H28N2O6S. The van der Waals surface area contributed by atoms with Crippen LogP contribution in [-0.2, 0) is 26.0 Å². The Bertz CT molecular complexity index is 1150. The Morgan fingerprint density at radius 1 is 0.971 bits per heavy atom. The van der Waals surface area contributed by atoms with Gasteiger partial charge in [-0.1, -0.05) is 6.07 Å². The number of rotatable bonds is 12. The molecule has 0 atom stereocenters. The molecule has 0 radical (unpaired) electrons. The lowest BCUT2D eigenvalue weighted by atomic mass is 10.2. The normalized spacial score (nSPS) is 11.0. The molecule has 0 spiro atoms. The third-order valence-electron chi connectivity index (χ3n) is 4.95. The third-order valence-corrected chi connectivity index (χ3v) is 6.75. The number of aryl methyl sites for hydroxylation is 1. The molecule has 180 valence electrons. The molecule has 9 heteroatoms. The molecule has 0 aliphatic rings. The Morgan fingerprint density at radius 2 is 1.65 bits per heavy atom. The number of esters is 1. The Morgan fingerprint density at radius 3 is 2.29 bits per heavy atom. The van der Waals surface area contributed by atoms with Crippen molar-refractivity contribution in [2.45, 2.75) is 24.7 Å². The largest absolute Gasteiger partial charge is 0.494 e. The fraction of sp³-hybridized carbons (Fsp3) is 0.280. The average molecular weight is 485 g/mol. The Hall–Kier alpha value is -3.59. The molecule has 8 nitrogen and oxygen atoms in total. The lowest BCUT2D eigenvalue weighted by molar-refractivity contribution is -0.146. The van der Waals surface area contributed by atoms with Crippen LogP contribution in [0.15, 0.2) is 78.0 Å². The van der Waals surface area contributed by atoms with Crippen molar-refractivity contribution in [1.82, 2.24) is 4.98 Å². The van der Waals surface area contributed by atoms with Crippen LogP contribution in [0.3, 0.4) is 0 Å². The van der Waals surface area contributed by atoms with Crippen molar-refractivity contribution in [1.29, 1.82) is 0 Å². The molecule has 1 heterocycles. The van der Waals surface area contributed by atoms with Crippen LogP contribution < -0.4 is 13.8 Å². The number of nitrogens with zero attached hydrogens (tertiary/aromatic N) is 2. The highest BCUT2D eigenvalue weighted by atomic mass is 32.2. The molecule has 0 aliphatic carbocycles. The Balaban J connectivity index is 1.47. The van der Waals surface area contributed by atoms with Crippen molar-refractivity contribution >= 4 is 21.7 Å². The van der Waals surface area contributed by atoms with E-state index in [9.17, 15) is 13.2 Å². The van der Waals surface area contributed by atoms with Gasteiger partial charge in [0.05, 0.1) is 23.8 Å². The molecule has 0 bridgehead atoms. The summed E-state index contributed by atoms with van der Waals surface area (Å²) in [5, 5.41) is 0. The zero-order valence-corrected chi connectivity index (χ0v) is 20.0. The fourth-order valence-electron chi connectivity index (χ4n) is 3.12. The van der Waals surface area contributed by atoms with Gasteiger partial charge in [0.1, 0.15) is 11.5 Å². The molecule has 0 saturated carbocycles. The highest BCUT2D eigenvalue weighted by molar-refractivity contribution is 7.92. The third kappa shape index (κ3) is 6.95. The van der Waals surface area contributed by atoms with Crippen LogP contribution >= 0.6 is 0 Å². The van der Waals surface area contributed by atoms with Crippen LogP contribution in [0.5, 0.6) is 11.5 Å². The molecule has 2 aromatic carbocycles. The SMILES string of the molecule is CCOc1ccc(S(=O)(=O)N(C)c2ccc(OCC(=O)OCCCc3cccnc3)cc2)cc1. The summed E-state index contributed by atoms with van der Waals surface area (Å²) in [6, 6.07) is 16.5. The van der Waals surface area contributed by atoms with E-state index < -0.39 is 16.0 Å². The summed E-state index contributed by atoms with van der Waals surface area (Å²) in [6.07, 6.45) is 4.97. The van der Waals surface area contributed by atoms with Crippen molar-refractivity contribution in [3.63, 3.8) is 0 Å². The average Bonchev–Trinajstić information content (AvgIpc) is 2.86. The molecule has 0 amide bonds. The number of hydrogen-bond acceptors (Lipinski definition) is 7. The van der Waals surface area contributed by atoms with Gasteiger partial charge in [-0.25, -0.2) is 13.2 Å². The number of sulfonamides is 1. The first-order valence-electron chi connectivity index (χ1n) is 10.9. The van der Waals surface area contributed by atoms with E-state index in [2.05, 4.69) is 4.98 Å². The van der Waals surface area contributed by atoms with E-state index in [-0.39, 0.29) is 11.5 Å². The molecule has 3 rings (SSSR count). The van der Waals surface area contributed by atoms with Gasteiger partial charge in [-0.05, 0) is 79.9 Å². The smallest absolute Gasteiger partial charge is 0.344 e. The van der Waals surface area contributed by atoms with Crippen molar-refractivity contribution in [2.24, 2.45) is 0 Å². The second kappa shape index (κ2) is 12.0. The molecule has 1 aromatic heterocycles. The maximum Gasteiger partial charge on any atom is 0.344 e. The van der Waals surface area contributed by atoms with Crippen LogP contribution in [0.1, 0.15) is 18.9 Å². The predicted molar refractivity (Wildman–Crippen MR) is 129 cm³/mol. The molecule has 34 heavy (non-hydrogen) atoms. The number of carbonyl (C=O) groups excluding carboxylic acids is 1. The van der Waals surface area contributed by atoms with Gasteiger partial charge < -0.3 is 14.2 Å². The standard InChI is InChI=1S/C25H28N2O6S/c1-3-31-22-12-14-24(15-13-22)34(29,30)27(2)21-8-10-23(11-9-21)33-19-25(28)32-17-5-7-20-6-4-16-26-18-20/h4,6,8-16,18H,3,5,7,17,19H2,1-2H3. The number of anilines is 1. The fourth-order valence-corrected chi connectivity index (χ4v) is 4.31. The minimum atomic E-state index is -3.74. The topological polar surface area (TPSA) is 95.0 Å². The lowest BCUT2D eigenvalue weighted by Gasteiger charge is -2.20. The zero-order valence-electron chi connectivity index (χ0n) is 19.2. The lowest BCUT2D eigenvalue weighted by Crippen LogP contribution is -2.26. The number of carbonyl (C=O) groups is 1. The summed E-state index contributed by atoms with van der Waals surface area (Å²) in [4.78, 5) is 16.1. The quantitative estimate of drug-likeness (QED) is 0.285. The van der Waals surface area contributed by atoms with Crippen LogP contribution in [-0.4, -0.2) is 46.2 Å². The van der Waals surface area contributed by atoms with Gasteiger partial charge in [-0.15, -0.1) is 0 Å². The molecule has 0 fully saturated rings. The second-order valence-corrected chi connectivity index (χ2v) is 9.31. The van der Waals surface area contributed by atoms with Crippen LogP contribution in [0.2, 0.25) is 0 Å². The molecule has 0 N–H and O–H groups in total. The van der Waals surface area contributed by atoms with Crippen molar-refractivity contribution in [2.75, 3.05) is 31.2 Å². The first-order valence-corrected chi connectivity index (χ1v) is 12.3. The maximum atomic E-state index is 12.9. The van der Waals surface area contributed by atoms with Crippen LogP contribution in [0, 0.1) is 0 Å². The summed E-state index contributed by atoms with van der Waals surface area (Å²) >= 11 is 0. The predicted octanol–water partition coefficient (Wildman–Crippen LogP) is 3.86. The number of hydrogen-bond donors (Lipinski definition) is 0. The Labute approximate surface area is 200 Å².